The van der Waals surface area contributed by atoms with Crippen LogP contribution in [-0.4, -0.2) is 46.3 Å². The van der Waals surface area contributed by atoms with E-state index in [2.05, 4.69) is 21.8 Å². The molecule has 1 spiro atoms. The van der Waals surface area contributed by atoms with E-state index in [0.29, 0.717) is 6.61 Å². The molecule has 0 N–H and O–H groups in total. The van der Waals surface area contributed by atoms with Crippen molar-refractivity contribution in [3.05, 3.63) is 40.6 Å². The minimum absolute atomic E-state index is 0.0362. The monoisotopic (exact) mass is 331 g/mol. The number of pyridine rings is 1. The van der Waals surface area contributed by atoms with Crippen LogP contribution in [0.2, 0.25) is 0 Å². The summed E-state index contributed by atoms with van der Waals surface area (Å²) in [4.78, 5) is 12.3. The molecule has 0 saturated carbocycles. The zero-order valence-corrected chi connectivity index (χ0v) is 14.1. The number of nitrogens with zero attached hydrogens (tertiary/aromatic N) is 3. The summed E-state index contributed by atoms with van der Waals surface area (Å²) in [5, 5.41) is 0. The van der Waals surface area contributed by atoms with Gasteiger partial charge in [-0.2, -0.15) is 0 Å². The van der Waals surface area contributed by atoms with Gasteiger partial charge in [-0.3, -0.25) is 9.88 Å². The van der Waals surface area contributed by atoms with E-state index >= 15 is 0 Å². The van der Waals surface area contributed by atoms with E-state index in [1.165, 1.54) is 4.88 Å². The SMILES string of the molecule is Cc1ncsc1CN1CC[C@]2(C[C@H](Oc3cccnc3)CO2)C1. The number of rotatable bonds is 4. The van der Waals surface area contributed by atoms with E-state index in [1.54, 1.807) is 23.7 Å². The van der Waals surface area contributed by atoms with Gasteiger partial charge in [0.2, 0.25) is 0 Å². The molecule has 0 unspecified atom stereocenters. The predicted molar refractivity (Wildman–Crippen MR) is 88.7 cm³/mol. The lowest BCUT2D eigenvalue weighted by Crippen LogP contribution is -2.33. The Kier molecular flexibility index (Phi) is 4.05. The molecule has 122 valence electrons. The molecule has 0 aromatic carbocycles. The molecule has 2 saturated heterocycles. The zero-order chi connectivity index (χ0) is 15.7. The van der Waals surface area contributed by atoms with Crippen molar-refractivity contribution in [2.24, 2.45) is 0 Å². The Balaban J connectivity index is 1.35. The Morgan fingerprint density at radius 1 is 1.52 bits per heavy atom. The lowest BCUT2D eigenvalue weighted by Gasteiger charge is -2.23. The summed E-state index contributed by atoms with van der Waals surface area (Å²) in [7, 11) is 0. The Bertz CT molecular complexity index is 663. The van der Waals surface area contributed by atoms with Crippen molar-refractivity contribution in [3.8, 4) is 5.75 Å². The van der Waals surface area contributed by atoms with Crippen LogP contribution in [0.5, 0.6) is 5.75 Å². The second-order valence-electron chi connectivity index (χ2n) is 6.45. The lowest BCUT2D eigenvalue weighted by molar-refractivity contribution is 0.00938. The van der Waals surface area contributed by atoms with Crippen molar-refractivity contribution in [1.82, 2.24) is 14.9 Å². The van der Waals surface area contributed by atoms with E-state index in [1.807, 2.05) is 17.6 Å². The lowest BCUT2D eigenvalue weighted by atomic mass is 9.98. The maximum absolute atomic E-state index is 6.17. The summed E-state index contributed by atoms with van der Waals surface area (Å²) in [5.74, 6) is 0.827. The highest BCUT2D eigenvalue weighted by atomic mass is 32.1. The topological polar surface area (TPSA) is 47.5 Å². The molecule has 2 aliphatic heterocycles. The number of likely N-dealkylation sites (tertiary alicyclic amines) is 1. The van der Waals surface area contributed by atoms with Gasteiger partial charge < -0.3 is 9.47 Å². The largest absolute Gasteiger partial charge is 0.486 e. The van der Waals surface area contributed by atoms with Crippen LogP contribution < -0.4 is 4.74 Å². The molecule has 6 heteroatoms. The predicted octanol–water partition coefficient (Wildman–Crippen LogP) is 2.66. The third-order valence-electron chi connectivity index (χ3n) is 4.72. The molecule has 0 radical (unpaired) electrons. The number of hydrogen-bond donors (Lipinski definition) is 0. The van der Waals surface area contributed by atoms with Crippen LogP contribution in [0.3, 0.4) is 0 Å². The first-order chi connectivity index (χ1) is 11.2. The van der Waals surface area contributed by atoms with Gasteiger partial charge in [-0.15, -0.1) is 11.3 Å². The van der Waals surface area contributed by atoms with Gasteiger partial charge in [-0.05, 0) is 25.5 Å². The molecule has 4 rings (SSSR count). The molecule has 2 aliphatic rings. The number of hydrogen-bond acceptors (Lipinski definition) is 6. The maximum atomic E-state index is 6.17. The molecule has 2 atom stereocenters. The average molecular weight is 331 g/mol. The van der Waals surface area contributed by atoms with Crippen molar-refractivity contribution in [3.63, 3.8) is 0 Å². The van der Waals surface area contributed by atoms with Crippen LogP contribution in [0.15, 0.2) is 30.0 Å². The Morgan fingerprint density at radius 2 is 2.48 bits per heavy atom. The van der Waals surface area contributed by atoms with E-state index in [0.717, 1.165) is 43.9 Å². The highest BCUT2D eigenvalue weighted by molar-refractivity contribution is 7.09. The van der Waals surface area contributed by atoms with Crippen LogP contribution in [0.25, 0.3) is 0 Å². The van der Waals surface area contributed by atoms with Crippen LogP contribution in [-0.2, 0) is 11.3 Å². The fraction of sp³-hybridized carbons (Fsp3) is 0.529. The molecule has 2 aromatic heterocycles. The minimum Gasteiger partial charge on any atom is -0.486 e. The summed E-state index contributed by atoms with van der Waals surface area (Å²) in [6.07, 6.45) is 5.69. The second kappa shape index (κ2) is 6.19. The second-order valence-corrected chi connectivity index (χ2v) is 7.39. The van der Waals surface area contributed by atoms with E-state index in [9.17, 15) is 0 Å². The van der Waals surface area contributed by atoms with E-state index < -0.39 is 0 Å². The average Bonchev–Trinajstić information content (AvgIpc) is 3.25. The van der Waals surface area contributed by atoms with Crippen molar-refractivity contribution in [1.29, 1.82) is 0 Å². The normalized spacial score (nSPS) is 27.8. The van der Waals surface area contributed by atoms with Gasteiger partial charge in [-0.1, -0.05) is 0 Å². The maximum Gasteiger partial charge on any atom is 0.138 e. The molecular weight excluding hydrogens is 310 g/mol. The van der Waals surface area contributed by atoms with Crippen molar-refractivity contribution < 1.29 is 9.47 Å². The number of thiazole rings is 1. The third kappa shape index (κ3) is 3.24. The zero-order valence-electron chi connectivity index (χ0n) is 13.3. The molecule has 5 nitrogen and oxygen atoms in total. The summed E-state index contributed by atoms with van der Waals surface area (Å²) in [5.41, 5.74) is 3.05. The van der Waals surface area contributed by atoms with Crippen LogP contribution in [0.1, 0.15) is 23.4 Å². The van der Waals surface area contributed by atoms with Crippen LogP contribution >= 0.6 is 11.3 Å². The molecule has 23 heavy (non-hydrogen) atoms. The van der Waals surface area contributed by atoms with Crippen molar-refractivity contribution in [2.75, 3.05) is 19.7 Å². The standard InChI is InChI=1S/C17H21N3O2S/c1-13-16(23-12-19-13)9-20-6-4-17(11-20)7-15(10-21-17)22-14-3-2-5-18-8-14/h2-3,5,8,12,15H,4,6-7,9-11H2,1H3/t15-,17-/m0/s1. The van der Waals surface area contributed by atoms with Crippen molar-refractivity contribution >= 4 is 11.3 Å². The Hall–Kier alpha value is -1.50. The number of ether oxygens (including phenoxy) is 2. The first kappa shape index (κ1) is 15.1. The van der Waals surface area contributed by atoms with E-state index in [-0.39, 0.29) is 11.7 Å². The van der Waals surface area contributed by atoms with Gasteiger partial charge in [0.1, 0.15) is 11.9 Å². The summed E-state index contributed by atoms with van der Waals surface area (Å²) < 4.78 is 12.2. The van der Waals surface area contributed by atoms with Gasteiger partial charge in [0.15, 0.2) is 0 Å². The van der Waals surface area contributed by atoms with Crippen LogP contribution in [0.4, 0.5) is 0 Å². The molecule has 0 aliphatic carbocycles. The van der Waals surface area contributed by atoms with Crippen molar-refractivity contribution in [2.45, 2.75) is 38.0 Å². The molecular formula is C17H21N3O2S. The smallest absolute Gasteiger partial charge is 0.138 e. The minimum atomic E-state index is -0.0362. The first-order valence-electron chi connectivity index (χ1n) is 8.04. The van der Waals surface area contributed by atoms with Gasteiger partial charge in [-0.25, -0.2) is 4.98 Å². The van der Waals surface area contributed by atoms with Gasteiger partial charge in [0.05, 0.1) is 29.6 Å². The third-order valence-corrected chi connectivity index (χ3v) is 5.64. The van der Waals surface area contributed by atoms with Crippen LogP contribution in [0, 0.1) is 6.92 Å². The molecule has 0 bridgehead atoms. The fourth-order valence-corrected chi connectivity index (χ4v) is 4.33. The number of aryl methyl sites for hydroxylation is 1. The highest BCUT2D eigenvalue weighted by Crippen LogP contribution is 2.37. The van der Waals surface area contributed by atoms with Gasteiger partial charge >= 0.3 is 0 Å². The molecule has 4 heterocycles. The first-order valence-corrected chi connectivity index (χ1v) is 8.92. The number of aromatic nitrogens is 2. The fourth-order valence-electron chi connectivity index (χ4n) is 3.52. The summed E-state index contributed by atoms with van der Waals surface area (Å²) in [6, 6.07) is 3.85. The Labute approximate surface area is 140 Å². The Morgan fingerprint density at radius 3 is 3.26 bits per heavy atom. The van der Waals surface area contributed by atoms with Gasteiger partial charge in [0, 0.05) is 37.1 Å². The van der Waals surface area contributed by atoms with E-state index in [4.69, 9.17) is 9.47 Å². The highest BCUT2D eigenvalue weighted by Gasteiger charge is 2.46. The quantitative estimate of drug-likeness (QED) is 0.862. The molecule has 2 fully saturated rings. The molecule has 2 aromatic rings. The summed E-state index contributed by atoms with van der Waals surface area (Å²) in [6.45, 7) is 5.80. The van der Waals surface area contributed by atoms with Gasteiger partial charge in [0.25, 0.3) is 0 Å². The summed E-state index contributed by atoms with van der Waals surface area (Å²) >= 11 is 1.74. The molecule has 0 amide bonds.